The summed E-state index contributed by atoms with van der Waals surface area (Å²) in [6.07, 6.45) is 0. The number of amides is 1. The van der Waals surface area contributed by atoms with Crippen molar-refractivity contribution < 1.29 is 9.53 Å². The quantitative estimate of drug-likeness (QED) is 0.738. The van der Waals surface area contributed by atoms with Crippen molar-refractivity contribution >= 4 is 5.91 Å². The summed E-state index contributed by atoms with van der Waals surface area (Å²) in [5.41, 5.74) is -0.162. The molecule has 5 nitrogen and oxygen atoms in total. The summed E-state index contributed by atoms with van der Waals surface area (Å²) in [4.78, 5) is 16.8. The fourth-order valence-electron chi connectivity index (χ4n) is 2.35. The molecule has 0 saturated carbocycles. The first-order chi connectivity index (χ1) is 9.33. The van der Waals surface area contributed by atoms with E-state index in [9.17, 15) is 4.79 Å². The lowest BCUT2D eigenvalue weighted by atomic mass is 10.1. The number of carbonyl (C=O) groups excluding carboxylic acids is 1. The van der Waals surface area contributed by atoms with Crippen LogP contribution in [-0.4, -0.2) is 73.2 Å². The highest BCUT2D eigenvalue weighted by atomic mass is 16.5. The van der Waals surface area contributed by atoms with Gasteiger partial charge in [0, 0.05) is 44.9 Å². The Morgan fingerprint density at radius 2 is 1.85 bits per heavy atom. The molecular formula is C15H31N3O2. The van der Waals surface area contributed by atoms with Gasteiger partial charge < -0.3 is 10.1 Å². The van der Waals surface area contributed by atoms with Gasteiger partial charge in [0.25, 0.3) is 0 Å². The van der Waals surface area contributed by atoms with Crippen LogP contribution in [0, 0.1) is 0 Å². The normalized spacial score (nSPS) is 19.9. The molecule has 0 aliphatic carbocycles. The van der Waals surface area contributed by atoms with Crippen molar-refractivity contribution in [3.05, 3.63) is 0 Å². The molecular weight excluding hydrogens is 254 g/mol. The largest absolute Gasteiger partial charge is 0.380 e. The second kappa shape index (κ2) is 7.96. The van der Waals surface area contributed by atoms with Crippen LogP contribution in [-0.2, 0) is 9.53 Å². The molecule has 1 N–H and O–H groups in total. The van der Waals surface area contributed by atoms with Crippen LogP contribution < -0.4 is 5.32 Å². The van der Waals surface area contributed by atoms with Crippen molar-refractivity contribution in [3.8, 4) is 0 Å². The van der Waals surface area contributed by atoms with Gasteiger partial charge in [-0.25, -0.2) is 0 Å². The molecule has 1 amide bonds. The molecule has 1 atom stereocenters. The summed E-state index contributed by atoms with van der Waals surface area (Å²) >= 11 is 0. The van der Waals surface area contributed by atoms with Crippen molar-refractivity contribution in [3.63, 3.8) is 0 Å². The molecule has 1 fully saturated rings. The van der Waals surface area contributed by atoms with Crippen molar-refractivity contribution in [2.45, 2.75) is 46.2 Å². The zero-order valence-electron chi connectivity index (χ0n) is 13.7. The van der Waals surface area contributed by atoms with E-state index in [-0.39, 0.29) is 17.5 Å². The Hall–Kier alpha value is -0.650. The molecule has 0 bridgehead atoms. The third-order valence-electron chi connectivity index (χ3n) is 3.59. The summed E-state index contributed by atoms with van der Waals surface area (Å²) in [5.74, 6) is 0.125. The van der Waals surface area contributed by atoms with E-state index in [0.29, 0.717) is 0 Å². The minimum atomic E-state index is -0.162. The Kier molecular flexibility index (Phi) is 6.92. The van der Waals surface area contributed by atoms with Gasteiger partial charge in [-0.1, -0.05) is 0 Å². The van der Waals surface area contributed by atoms with E-state index in [2.05, 4.69) is 15.1 Å². The second-order valence-corrected chi connectivity index (χ2v) is 6.49. The molecule has 1 saturated heterocycles. The lowest BCUT2D eigenvalue weighted by Gasteiger charge is -2.38. The molecule has 0 unspecified atom stereocenters. The fraction of sp³-hybridized carbons (Fsp3) is 0.933. The maximum absolute atomic E-state index is 12.2. The summed E-state index contributed by atoms with van der Waals surface area (Å²) in [6.45, 7) is 16.6. The molecule has 0 radical (unpaired) electrons. The van der Waals surface area contributed by atoms with Gasteiger partial charge >= 0.3 is 0 Å². The second-order valence-electron chi connectivity index (χ2n) is 6.49. The van der Waals surface area contributed by atoms with E-state index >= 15 is 0 Å². The third-order valence-corrected chi connectivity index (χ3v) is 3.59. The number of nitrogens with zero attached hydrogens (tertiary/aromatic N) is 2. The van der Waals surface area contributed by atoms with E-state index < -0.39 is 0 Å². The molecule has 0 spiro atoms. The number of carbonyl (C=O) groups is 1. The molecule has 1 rings (SSSR count). The molecule has 20 heavy (non-hydrogen) atoms. The number of rotatable bonds is 6. The molecule has 5 heteroatoms. The lowest BCUT2D eigenvalue weighted by Crippen LogP contribution is -2.56. The molecule has 1 heterocycles. The number of piperazine rings is 1. The van der Waals surface area contributed by atoms with Gasteiger partial charge in [-0.05, 0) is 34.6 Å². The molecule has 0 aromatic rings. The molecule has 1 aliphatic heterocycles. The smallest absolute Gasteiger partial charge is 0.237 e. The van der Waals surface area contributed by atoms with Gasteiger partial charge in [0.05, 0.1) is 12.6 Å². The van der Waals surface area contributed by atoms with Crippen molar-refractivity contribution in [2.75, 3.05) is 45.9 Å². The van der Waals surface area contributed by atoms with Crippen LogP contribution in [0.3, 0.4) is 0 Å². The van der Waals surface area contributed by atoms with Crippen LogP contribution in [0.15, 0.2) is 0 Å². The van der Waals surface area contributed by atoms with Gasteiger partial charge in [0.2, 0.25) is 5.91 Å². The Balaban J connectivity index is 2.31. The summed E-state index contributed by atoms with van der Waals surface area (Å²) in [6, 6.07) is -0.0525. The van der Waals surface area contributed by atoms with Gasteiger partial charge in [0.15, 0.2) is 0 Å². The van der Waals surface area contributed by atoms with E-state index in [0.717, 1.165) is 45.9 Å². The molecule has 0 aromatic carbocycles. The minimum Gasteiger partial charge on any atom is -0.380 e. The highest BCUT2D eigenvalue weighted by Gasteiger charge is 2.27. The van der Waals surface area contributed by atoms with E-state index in [1.165, 1.54) is 0 Å². The van der Waals surface area contributed by atoms with Crippen molar-refractivity contribution in [1.29, 1.82) is 0 Å². The standard InChI is InChI=1S/C15H31N3O2/c1-6-20-12-11-17-7-9-18(10-8-17)13(2)14(19)16-15(3,4)5/h13H,6-12H2,1-5H3,(H,16,19)/t13-/m0/s1. The first kappa shape index (κ1) is 17.4. The number of hydrogen-bond acceptors (Lipinski definition) is 4. The fourth-order valence-corrected chi connectivity index (χ4v) is 2.35. The first-order valence-electron chi connectivity index (χ1n) is 7.69. The summed E-state index contributed by atoms with van der Waals surface area (Å²) in [5, 5.41) is 3.06. The van der Waals surface area contributed by atoms with E-state index in [1.54, 1.807) is 0 Å². The Morgan fingerprint density at radius 1 is 1.25 bits per heavy atom. The van der Waals surface area contributed by atoms with Crippen LogP contribution in [0.25, 0.3) is 0 Å². The maximum Gasteiger partial charge on any atom is 0.237 e. The Bertz CT molecular complexity index is 294. The van der Waals surface area contributed by atoms with Gasteiger partial charge in [0.1, 0.15) is 0 Å². The number of ether oxygens (including phenoxy) is 1. The SMILES string of the molecule is CCOCCN1CCN([C@@H](C)C(=O)NC(C)(C)C)CC1. The summed E-state index contributed by atoms with van der Waals surface area (Å²) in [7, 11) is 0. The summed E-state index contributed by atoms with van der Waals surface area (Å²) < 4.78 is 5.38. The highest BCUT2D eigenvalue weighted by Crippen LogP contribution is 2.08. The van der Waals surface area contributed by atoms with Crippen molar-refractivity contribution in [2.24, 2.45) is 0 Å². The minimum absolute atomic E-state index is 0.0525. The highest BCUT2D eigenvalue weighted by molar-refractivity contribution is 5.81. The average molecular weight is 285 g/mol. The lowest BCUT2D eigenvalue weighted by molar-refractivity contribution is -0.128. The van der Waals surface area contributed by atoms with Crippen LogP contribution in [0.4, 0.5) is 0 Å². The monoisotopic (exact) mass is 285 g/mol. The predicted molar refractivity (Wildman–Crippen MR) is 81.9 cm³/mol. The zero-order valence-corrected chi connectivity index (χ0v) is 13.7. The first-order valence-corrected chi connectivity index (χ1v) is 7.69. The number of nitrogens with one attached hydrogen (secondary N) is 1. The third kappa shape index (κ3) is 6.20. The Morgan fingerprint density at radius 3 is 2.35 bits per heavy atom. The molecule has 1 aliphatic rings. The van der Waals surface area contributed by atoms with Gasteiger partial charge in [-0.2, -0.15) is 0 Å². The maximum atomic E-state index is 12.2. The zero-order chi connectivity index (χ0) is 15.2. The predicted octanol–water partition coefficient (Wildman–Crippen LogP) is 0.944. The van der Waals surface area contributed by atoms with E-state index in [1.807, 2.05) is 34.6 Å². The van der Waals surface area contributed by atoms with Crippen LogP contribution >= 0.6 is 0 Å². The Labute approximate surface area is 123 Å². The van der Waals surface area contributed by atoms with Gasteiger partial charge in [-0.3, -0.25) is 14.6 Å². The topological polar surface area (TPSA) is 44.8 Å². The van der Waals surface area contributed by atoms with Crippen LogP contribution in [0.5, 0.6) is 0 Å². The average Bonchev–Trinajstić information content (AvgIpc) is 2.37. The molecule has 0 aromatic heterocycles. The van der Waals surface area contributed by atoms with E-state index in [4.69, 9.17) is 4.74 Å². The van der Waals surface area contributed by atoms with Gasteiger partial charge in [-0.15, -0.1) is 0 Å². The van der Waals surface area contributed by atoms with Crippen molar-refractivity contribution in [1.82, 2.24) is 15.1 Å². The number of hydrogen-bond donors (Lipinski definition) is 1. The van der Waals surface area contributed by atoms with Crippen LogP contribution in [0.2, 0.25) is 0 Å². The van der Waals surface area contributed by atoms with Crippen LogP contribution in [0.1, 0.15) is 34.6 Å². The molecule has 118 valence electrons.